The number of non-ortho nitro benzene ring substituents is 1. The average Bonchev–Trinajstić information content (AvgIpc) is 3.30. The number of aromatic nitrogens is 1. The van der Waals surface area contributed by atoms with Gasteiger partial charge in [0.05, 0.1) is 22.2 Å². The van der Waals surface area contributed by atoms with Crippen LogP contribution in [0, 0.1) is 50.6 Å². The van der Waals surface area contributed by atoms with Crippen molar-refractivity contribution in [2.45, 2.75) is 40.7 Å². The van der Waals surface area contributed by atoms with E-state index in [4.69, 9.17) is 0 Å². The maximum atomic E-state index is 14.9. The number of hydrogen-bond donors (Lipinski definition) is 2. The molecule has 0 saturated heterocycles. The number of benzene rings is 4. The van der Waals surface area contributed by atoms with Crippen molar-refractivity contribution in [2.24, 2.45) is 0 Å². The molecule has 0 radical (unpaired) electrons. The van der Waals surface area contributed by atoms with Gasteiger partial charge in [0.25, 0.3) is 17.2 Å². The van der Waals surface area contributed by atoms with Gasteiger partial charge in [-0.3, -0.25) is 24.3 Å². The van der Waals surface area contributed by atoms with Crippen molar-refractivity contribution < 1.29 is 19.2 Å². The number of amides is 1. The molecule has 1 amide bonds. The van der Waals surface area contributed by atoms with Crippen LogP contribution in [0.2, 0.25) is 0 Å². The summed E-state index contributed by atoms with van der Waals surface area (Å²) in [6, 6.07) is 17.8. The Kier molecular flexibility index (Phi) is 7.12. The summed E-state index contributed by atoms with van der Waals surface area (Å²) in [5.41, 5.74) is 5.88. The molecule has 0 fully saturated rings. The van der Waals surface area contributed by atoms with Gasteiger partial charge in [0, 0.05) is 28.8 Å². The van der Waals surface area contributed by atoms with Gasteiger partial charge in [-0.05, 0) is 98.3 Å². The summed E-state index contributed by atoms with van der Waals surface area (Å²) in [5.74, 6) is -1.44. The predicted molar refractivity (Wildman–Crippen MR) is 171 cm³/mol. The first-order chi connectivity index (χ1) is 21.4. The Bertz CT molecular complexity index is 2090. The van der Waals surface area contributed by atoms with Crippen molar-refractivity contribution in [1.82, 2.24) is 9.88 Å². The first-order valence-electron chi connectivity index (χ1n) is 14.4. The highest BCUT2D eigenvalue weighted by atomic mass is 19.1. The van der Waals surface area contributed by atoms with Crippen LogP contribution in [0.4, 0.5) is 10.1 Å². The number of nitrogens with one attached hydrogen (secondary N) is 1. The summed E-state index contributed by atoms with van der Waals surface area (Å²) in [5, 5.41) is 25.8. The Hall–Kier alpha value is -5.57. The summed E-state index contributed by atoms with van der Waals surface area (Å²) < 4.78 is 16.3. The molecular formula is C36H30FN3O5. The fraction of sp³-hybridized carbons (Fsp3) is 0.167. The minimum atomic E-state index is -0.763. The van der Waals surface area contributed by atoms with Gasteiger partial charge in [-0.2, -0.15) is 0 Å². The smallest absolute Gasteiger partial charge is 0.269 e. The number of aryl methyl sites for hydroxylation is 5. The minimum absolute atomic E-state index is 0.0222. The molecule has 0 spiro atoms. The molecule has 1 aromatic heterocycles. The van der Waals surface area contributed by atoms with Crippen LogP contribution in [0.15, 0.2) is 77.6 Å². The Labute approximate surface area is 258 Å². The van der Waals surface area contributed by atoms with Gasteiger partial charge in [-0.25, -0.2) is 4.39 Å². The van der Waals surface area contributed by atoms with Crippen LogP contribution in [-0.2, 0) is 0 Å². The molecule has 2 heterocycles. The third-order valence-corrected chi connectivity index (χ3v) is 8.48. The number of fused-ring (bicyclic) bond motifs is 1. The molecule has 1 atom stereocenters. The van der Waals surface area contributed by atoms with Crippen molar-refractivity contribution in [2.75, 3.05) is 0 Å². The Morgan fingerprint density at radius 2 is 1.44 bits per heavy atom. The molecule has 1 aliphatic heterocycles. The molecule has 0 saturated carbocycles. The number of carbonyl (C=O) groups excluding carboxylic acids is 1. The number of aromatic hydroxyl groups is 1. The number of halogens is 1. The first kappa shape index (κ1) is 29.5. The van der Waals surface area contributed by atoms with E-state index in [1.165, 1.54) is 34.9 Å². The molecule has 1 aliphatic rings. The number of phenolic OH excluding ortho intramolecular Hbond substituents is 1. The largest absolute Gasteiger partial charge is 0.507 e. The van der Waals surface area contributed by atoms with E-state index in [1.807, 2.05) is 65.0 Å². The van der Waals surface area contributed by atoms with E-state index >= 15 is 0 Å². The second-order valence-corrected chi connectivity index (χ2v) is 11.6. The molecule has 4 aromatic carbocycles. The Balaban J connectivity index is 1.88. The zero-order chi connectivity index (χ0) is 32.3. The van der Waals surface area contributed by atoms with Crippen LogP contribution in [0.3, 0.4) is 0 Å². The fourth-order valence-electron chi connectivity index (χ4n) is 6.71. The lowest BCUT2D eigenvalue weighted by molar-refractivity contribution is -0.384. The van der Waals surface area contributed by atoms with Gasteiger partial charge in [-0.1, -0.05) is 35.9 Å². The number of phenols is 1. The van der Waals surface area contributed by atoms with Gasteiger partial charge < -0.3 is 10.4 Å². The normalized spacial score (nSPS) is 13.9. The van der Waals surface area contributed by atoms with Crippen molar-refractivity contribution in [3.05, 3.63) is 144 Å². The highest BCUT2D eigenvalue weighted by Crippen LogP contribution is 2.47. The lowest BCUT2D eigenvalue weighted by Gasteiger charge is -2.25. The Morgan fingerprint density at radius 1 is 0.822 bits per heavy atom. The predicted octanol–water partition coefficient (Wildman–Crippen LogP) is 7.30. The van der Waals surface area contributed by atoms with Gasteiger partial charge in [0.15, 0.2) is 0 Å². The van der Waals surface area contributed by atoms with E-state index in [-0.39, 0.29) is 33.8 Å². The van der Waals surface area contributed by atoms with Gasteiger partial charge in [0.1, 0.15) is 17.3 Å². The van der Waals surface area contributed by atoms with Crippen molar-refractivity contribution in [1.29, 1.82) is 0 Å². The lowest BCUT2D eigenvalue weighted by Crippen LogP contribution is -2.29. The summed E-state index contributed by atoms with van der Waals surface area (Å²) in [6.07, 6.45) is 0. The molecule has 2 N–H and O–H groups in total. The molecule has 0 bridgehead atoms. The summed E-state index contributed by atoms with van der Waals surface area (Å²) >= 11 is 0. The van der Waals surface area contributed by atoms with Crippen LogP contribution >= 0.6 is 0 Å². The summed E-state index contributed by atoms with van der Waals surface area (Å²) in [6.45, 7) is 9.52. The molecule has 8 nitrogen and oxygen atoms in total. The SMILES string of the molecule is Cc1cc(C)c(-n2c3c(c(-c4cc(F)ccc4O)c(-c4ccc([N+](=O)[O-])cc4)c2=O)C(c2c(C)cccc2C)NC3=O)c(C)c1. The minimum Gasteiger partial charge on any atom is -0.507 e. The average molecular weight is 604 g/mol. The van der Waals surface area contributed by atoms with Crippen LogP contribution in [0.1, 0.15) is 55.5 Å². The zero-order valence-corrected chi connectivity index (χ0v) is 25.4. The van der Waals surface area contributed by atoms with Crippen molar-refractivity contribution in [3.8, 4) is 33.7 Å². The molecule has 5 aromatic rings. The highest BCUT2D eigenvalue weighted by molar-refractivity contribution is 6.04. The highest BCUT2D eigenvalue weighted by Gasteiger charge is 2.40. The number of rotatable bonds is 5. The van der Waals surface area contributed by atoms with E-state index in [0.29, 0.717) is 16.8 Å². The molecule has 6 rings (SSSR count). The van der Waals surface area contributed by atoms with E-state index in [1.54, 1.807) is 0 Å². The molecule has 226 valence electrons. The van der Waals surface area contributed by atoms with E-state index in [2.05, 4.69) is 5.32 Å². The van der Waals surface area contributed by atoms with E-state index in [9.17, 15) is 29.2 Å². The maximum absolute atomic E-state index is 14.9. The van der Waals surface area contributed by atoms with Gasteiger partial charge in [0.2, 0.25) is 0 Å². The van der Waals surface area contributed by atoms with Crippen LogP contribution in [0.5, 0.6) is 5.75 Å². The topological polar surface area (TPSA) is 114 Å². The summed E-state index contributed by atoms with van der Waals surface area (Å²) in [7, 11) is 0. The number of nitro benzene ring substituents is 1. The zero-order valence-electron chi connectivity index (χ0n) is 25.4. The van der Waals surface area contributed by atoms with Gasteiger partial charge in [-0.15, -0.1) is 0 Å². The second kappa shape index (κ2) is 10.9. The lowest BCUT2D eigenvalue weighted by atomic mass is 9.84. The monoisotopic (exact) mass is 603 g/mol. The maximum Gasteiger partial charge on any atom is 0.269 e. The van der Waals surface area contributed by atoms with Crippen LogP contribution in [-0.4, -0.2) is 20.5 Å². The van der Waals surface area contributed by atoms with Crippen LogP contribution < -0.4 is 10.9 Å². The fourth-order valence-corrected chi connectivity index (χ4v) is 6.71. The molecule has 45 heavy (non-hydrogen) atoms. The quantitative estimate of drug-likeness (QED) is 0.162. The third kappa shape index (κ3) is 4.77. The first-order valence-corrected chi connectivity index (χ1v) is 14.4. The molecular weight excluding hydrogens is 573 g/mol. The second-order valence-electron chi connectivity index (χ2n) is 11.6. The van der Waals surface area contributed by atoms with Crippen LogP contribution in [0.25, 0.3) is 27.9 Å². The molecule has 0 aliphatic carbocycles. The molecule has 9 heteroatoms. The van der Waals surface area contributed by atoms with Gasteiger partial charge >= 0.3 is 0 Å². The number of hydrogen-bond acceptors (Lipinski definition) is 5. The standard InChI is InChI=1S/C36H30FN3O5/c1-18-15-21(4)33(22(5)16-18)39-34-31(32(38-35(34)42)28-19(2)7-6-8-20(28)3)30(26-17-24(37)11-14-27(26)41)29(36(39)43)23-9-12-25(13-10-23)40(44)45/h6-17,32,41H,1-5H3,(H,38,42). The van der Waals surface area contributed by atoms with Crippen molar-refractivity contribution >= 4 is 11.6 Å². The third-order valence-electron chi connectivity index (χ3n) is 8.48. The Morgan fingerprint density at radius 3 is 2.04 bits per heavy atom. The number of carbonyl (C=O) groups is 1. The number of pyridine rings is 1. The number of nitro groups is 1. The number of nitrogens with zero attached hydrogens (tertiary/aromatic N) is 2. The van der Waals surface area contributed by atoms with Crippen molar-refractivity contribution in [3.63, 3.8) is 0 Å². The molecule has 1 unspecified atom stereocenters. The summed E-state index contributed by atoms with van der Waals surface area (Å²) in [4.78, 5) is 40.0. The van der Waals surface area contributed by atoms with E-state index < -0.39 is 28.2 Å². The van der Waals surface area contributed by atoms with E-state index in [0.717, 1.165) is 45.5 Å².